The number of rotatable bonds is 3. The standard InChI is InChI=1S/C19H20N6O2S/c1-10-11(2)23-24-18-14(10)15(20)16(28-18)19(27)25-8-5-13(9-25)22-17(26)12-3-6-21-7-4-12/h3-4,6-7,13H,5,8-9,20H2,1-2H3,(H,22,26). The number of nitrogen functional groups attached to an aromatic ring is 1. The van der Waals surface area contributed by atoms with E-state index in [1.165, 1.54) is 11.3 Å². The Bertz CT molecular complexity index is 1070. The summed E-state index contributed by atoms with van der Waals surface area (Å²) in [5.74, 6) is -0.289. The summed E-state index contributed by atoms with van der Waals surface area (Å²) >= 11 is 1.27. The number of anilines is 1. The molecule has 0 saturated carbocycles. The van der Waals surface area contributed by atoms with Crippen molar-refractivity contribution in [2.24, 2.45) is 0 Å². The van der Waals surface area contributed by atoms with E-state index in [1.807, 2.05) is 13.8 Å². The van der Waals surface area contributed by atoms with Crippen molar-refractivity contribution in [2.75, 3.05) is 18.8 Å². The molecule has 3 aromatic rings. The van der Waals surface area contributed by atoms with Gasteiger partial charge in [0.1, 0.15) is 9.71 Å². The van der Waals surface area contributed by atoms with Gasteiger partial charge in [0.25, 0.3) is 11.8 Å². The summed E-state index contributed by atoms with van der Waals surface area (Å²) in [5.41, 5.74) is 9.05. The second kappa shape index (κ2) is 7.16. The van der Waals surface area contributed by atoms with Crippen molar-refractivity contribution < 1.29 is 9.59 Å². The van der Waals surface area contributed by atoms with Gasteiger partial charge in [-0.25, -0.2) is 0 Å². The normalized spacial score (nSPS) is 16.5. The molecule has 0 radical (unpaired) electrons. The molecule has 9 heteroatoms. The van der Waals surface area contributed by atoms with E-state index in [2.05, 4.69) is 20.5 Å². The highest BCUT2D eigenvalue weighted by Gasteiger charge is 2.31. The predicted octanol–water partition coefficient (Wildman–Crippen LogP) is 1.93. The molecule has 1 saturated heterocycles. The zero-order valence-corrected chi connectivity index (χ0v) is 16.4. The van der Waals surface area contributed by atoms with E-state index in [4.69, 9.17) is 5.73 Å². The third kappa shape index (κ3) is 3.18. The van der Waals surface area contributed by atoms with Gasteiger partial charge >= 0.3 is 0 Å². The molecule has 0 bridgehead atoms. The molecule has 0 aliphatic carbocycles. The highest BCUT2D eigenvalue weighted by molar-refractivity contribution is 7.21. The molecule has 1 atom stereocenters. The summed E-state index contributed by atoms with van der Waals surface area (Å²) in [4.78, 5) is 32.1. The SMILES string of the molecule is Cc1nnc2sc(C(=O)N3CCC(NC(=O)c4ccncc4)C3)c(N)c2c1C. The predicted molar refractivity (Wildman–Crippen MR) is 107 cm³/mol. The van der Waals surface area contributed by atoms with Crippen LogP contribution in [0.2, 0.25) is 0 Å². The summed E-state index contributed by atoms with van der Waals surface area (Å²) in [5, 5.41) is 12.1. The lowest BCUT2D eigenvalue weighted by Crippen LogP contribution is -2.38. The monoisotopic (exact) mass is 396 g/mol. The molecule has 3 aromatic heterocycles. The number of thiophene rings is 1. The molecule has 144 valence electrons. The number of nitrogens with zero attached hydrogens (tertiary/aromatic N) is 4. The van der Waals surface area contributed by atoms with Crippen molar-refractivity contribution in [1.82, 2.24) is 25.4 Å². The third-order valence-electron chi connectivity index (χ3n) is 5.08. The number of nitrogens with two attached hydrogens (primary N) is 1. The number of carbonyl (C=O) groups is 2. The number of nitrogens with one attached hydrogen (secondary N) is 1. The van der Waals surface area contributed by atoms with E-state index in [0.29, 0.717) is 40.5 Å². The molecule has 1 aliphatic rings. The first-order valence-electron chi connectivity index (χ1n) is 8.97. The van der Waals surface area contributed by atoms with Crippen molar-refractivity contribution in [1.29, 1.82) is 0 Å². The minimum Gasteiger partial charge on any atom is -0.397 e. The van der Waals surface area contributed by atoms with Gasteiger partial charge in [0.2, 0.25) is 0 Å². The average molecular weight is 396 g/mol. The quantitative estimate of drug-likeness (QED) is 0.699. The van der Waals surface area contributed by atoms with Gasteiger partial charge < -0.3 is 16.0 Å². The molecule has 1 unspecified atom stereocenters. The van der Waals surface area contributed by atoms with Crippen molar-refractivity contribution in [3.63, 3.8) is 0 Å². The number of aryl methyl sites for hydroxylation is 2. The largest absolute Gasteiger partial charge is 0.397 e. The van der Waals surface area contributed by atoms with Crippen LogP contribution in [0.25, 0.3) is 10.2 Å². The Morgan fingerprint density at radius 3 is 2.75 bits per heavy atom. The lowest BCUT2D eigenvalue weighted by atomic mass is 10.1. The minimum absolute atomic E-state index is 0.0935. The molecular formula is C19H20N6O2S. The lowest BCUT2D eigenvalue weighted by Gasteiger charge is -2.17. The van der Waals surface area contributed by atoms with Crippen LogP contribution in [-0.2, 0) is 0 Å². The Kier molecular flexibility index (Phi) is 4.68. The minimum atomic E-state index is -0.163. The number of aromatic nitrogens is 3. The summed E-state index contributed by atoms with van der Waals surface area (Å²) in [6.07, 6.45) is 3.86. The van der Waals surface area contributed by atoms with Crippen LogP contribution in [0.5, 0.6) is 0 Å². The fraction of sp³-hybridized carbons (Fsp3) is 0.316. The molecule has 1 aliphatic heterocycles. The highest BCUT2D eigenvalue weighted by atomic mass is 32.1. The van der Waals surface area contributed by atoms with E-state index in [9.17, 15) is 9.59 Å². The summed E-state index contributed by atoms with van der Waals surface area (Å²) in [6, 6.07) is 3.23. The van der Waals surface area contributed by atoms with Crippen molar-refractivity contribution >= 4 is 39.1 Å². The Labute approximate surface area is 165 Å². The van der Waals surface area contributed by atoms with E-state index >= 15 is 0 Å². The van der Waals surface area contributed by atoms with Gasteiger partial charge in [-0.2, -0.15) is 5.10 Å². The molecule has 3 N–H and O–H groups in total. The summed E-state index contributed by atoms with van der Waals surface area (Å²) in [6.45, 7) is 4.83. The molecule has 2 amide bonds. The maximum Gasteiger partial charge on any atom is 0.266 e. The van der Waals surface area contributed by atoms with Gasteiger partial charge in [0.05, 0.1) is 11.4 Å². The average Bonchev–Trinajstić information content (AvgIpc) is 3.30. The van der Waals surface area contributed by atoms with Crippen LogP contribution in [-0.4, -0.2) is 51.0 Å². The molecule has 28 heavy (non-hydrogen) atoms. The number of amides is 2. The van der Waals surface area contributed by atoms with Gasteiger partial charge in [0.15, 0.2) is 0 Å². The third-order valence-corrected chi connectivity index (χ3v) is 6.16. The number of pyridine rings is 1. The van der Waals surface area contributed by atoms with Gasteiger partial charge in [0, 0.05) is 42.5 Å². The van der Waals surface area contributed by atoms with Crippen molar-refractivity contribution in [3.05, 3.63) is 46.2 Å². The van der Waals surface area contributed by atoms with Crippen LogP contribution in [0, 0.1) is 13.8 Å². The van der Waals surface area contributed by atoms with Crippen LogP contribution in [0.3, 0.4) is 0 Å². The van der Waals surface area contributed by atoms with Crippen LogP contribution in [0.4, 0.5) is 5.69 Å². The summed E-state index contributed by atoms with van der Waals surface area (Å²) < 4.78 is 0. The maximum atomic E-state index is 13.0. The van der Waals surface area contributed by atoms with Crippen LogP contribution < -0.4 is 11.1 Å². The number of hydrogen-bond donors (Lipinski definition) is 2. The number of carbonyl (C=O) groups excluding carboxylic acids is 2. The molecule has 1 fully saturated rings. The molecule has 0 aromatic carbocycles. The first-order valence-corrected chi connectivity index (χ1v) is 9.79. The van der Waals surface area contributed by atoms with E-state index in [0.717, 1.165) is 16.6 Å². The molecule has 0 spiro atoms. The Hall–Kier alpha value is -3.07. The van der Waals surface area contributed by atoms with Crippen LogP contribution in [0.1, 0.15) is 37.7 Å². The Balaban J connectivity index is 1.49. The van der Waals surface area contributed by atoms with Crippen molar-refractivity contribution in [2.45, 2.75) is 26.3 Å². The first-order chi connectivity index (χ1) is 13.5. The first kappa shape index (κ1) is 18.3. The van der Waals surface area contributed by atoms with E-state index in [-0.39, 0.29) is 17.9 Å². The van der Waals surface area contributed by atoms with Crippen LogP contribution >= 0.6 is 11.3 Å². The molecular weight excluding hydrogens is 376 g/mol. The van der Waals surface area contributed by atoms with Crippen molar-refractivity contribution in [3.8, 4) is 0 Å². The zero-order chi connectivity index (χ0) is 19.8. The van der Waals surface area contributed by atoms with Gasteiger partial charge in [-0.15, -0.1) is 16.4 Å². The Morgan fingerprint density at radius 2 is 2.00 bits per heavy atom. The fourth-order valence-corrected chi connectivity index (χ4v) is 4.45. The second-order valence-corrected chi connectivity index (χ2v) is 7.88. The topological polar surface area (TPSA) is 114 Å². The zero-order valence-electron chi connectivity index (χ0n) is 15.6. The van der Waals surface area contributed by atoms with E-state index < -0.39 is 0 Å². The maximum absolute atomic E-state index is 13.0. The summed E-state index contributed by atoms with van der Waals surface area (Å²) in [7, 11) is 0. The Morgan fingerprint density at radius 1 is 1.25 bits per heavy atom. The number of likely N-dealkylation sites (tertiary alicyclic amines) is 1. The molecule has 8 nitrogen and oxygen atoms in total. The van der Waals surface area contributed by atoms with Gasteiger partial charge in [-0.3, -0.25) is 14.6 Å². The lowest BCUT2D eigenvalue weighted by molar-refractivity contribution is 0.0788. The second-order valence-electron chi connectivity index (χ2n) is 6.88. The fourth-order valence-electron chi connectivity index (χ4n) is 3.38. The molecule has 4 rings (SSSR count). The van der Waals surface area contributed by atoms with Gasteiger partial charge in [-0.1, -0.05) is 0 Å². The van der Waals surface area contributed by atoms with Crippen LogP contribution in [0.15, 0.2) is 24.5 Å². The number of hydrogen-bond acceptors (Lipinski definition) is 7. The highest BCUT2D eigenvalue weighted by Crippen LogP contribution is 2.36. The van der Waals surface area contributed by atoms with E-state index in [1.54, 1.807) is 29.4 Å². The number of fused-ring (bicyclic) bond motifs is 1. The molecule has 4 heterocycles. The smallest absolute Gasteiger partial charge is 0.266 e. The van der Waals surface area contributed by atoms with Gasteiger partial charge in [-0.05, 0) is 38.0 Å².